The van der Waals surface area contributed by atoms with Crippen molar-refractivity contribution in [1.82, 2.24) is 4.98 Å². The van der Waals surface area contributed by atoms with E-state index in [1.54, 1.807) is 0 Å². The van der Waals surface area contributed by atoms with Gasteiger partial charge >= 0.3 is 0 Å². The van der Waals surface area contributed by atoms with Gasteiger partial charge in [0.25, 0.3) is 5.56 Å². The minimum Gasteiger partial charge on any atom is -0.489 e. The first-order valence-electron chi connectivity index (χ1n) is 8.08. The van der Waals surface area contributed by atoms with Crippen LogP contribution in [0.15, 0.2) is 29.1 Å². The highest BCUT2D eigenvalue weighted by Crippen LogP contribution is 2.32. The predicted octanol–water partition coefficient (Wildman–Crippen LogP) is 4.27. The van der Waals surface area contributed by atoms with Crippen LogP contribution in [-0.2, 0) is 0 Å². The fourth-order valence-electron chi connectivity index (χ4n) is 2.38. The van der Waals surface area contributed by atoms with Gasteiger partial charge < -0.3 is 14.5 Å². The lowest BCUT2D eigenvalue weighted by atomic mass is 10.2. The highest BCUT2D eigenvalue weighted by atomic mass is 16.5. The van der Waals surface area contributed by atoms with Crippen molar-refractivity contribution in [3.05, 3.63) is 34.6 Å². The first-order chi connectivity index (χ1) is 10.6. The number of pyridine rings is 1. The smallest absolute Gasteiger partial charge is 0.294 e. The predicted molar refractivity (Wildman–Crippen MR) is 90.0 cm³/mol. The Kier molecular flexibility index (Phi) is 5.87. The van der Waals surface area contributed by atoms with Crippen LogP contribution in [-0.4, -0.2) is 17.7 Å². The highest BCUT2D eigenvalue weighted by molar-refractivity contribution is 5.87. The average molecular weight is 303 g/mol. The number of aromatic nitrogens is 1. The van der Waals surface area contributed by atoms with E-state index in [2.05, 4.69) is 11.9 Å². The van der Waals surface area contributed by atoms with Crippen LogP contribution in [0.2, 0.25) is 0 Å². The zero-order chi connectivity index (χ0) is 15.9. The number of fused-ring (bicyclic) bond motifs is 1. The van der Waals surface area contributed by atoms with Gasteiger partial charge in [0.05, 0.1) is 18.2 Å². The van der Waals surface area contributed by atoms with Gasteiger partial charge in [0.1, 0.15) is 0 Å². The van der Waals surface area contributed by atoms with E-state index < -0.39 is 0 Å². The Bertz CT molecular complexity index is 661. The van der Waals surface area contributed by atoms with Crippen molar-refractivity contribution in [3.63, 3.8) is 0 Å². The minimum absolute atomic E-state index is 0.0790. The molecule has 2 rings (SSSR count). The number of hydrogen-bond acceptors (Lipinski definition) is 3. The number of hydrogen-bond donors (Lipinski definition) is 1. The lowest BCUT2D eigenvalue weighted by molar-refractivity contribution is 0.217. The fourth-order valence-corrected chi connectivity index (χ4v) is 2.38. The summed E-state index contributed by atoms with van der Waals surface area (Å²) in [5, 5.41) is 0.883. The Balaban J connectivity index is 2.31. The molecule has 4 heteroatoms. The number of rotatable bonds is 8. The third-order valence-corrected chi connectivity index (χ3v) is 3.43. The van der Waals surface area contributed by atoms with Gasteiger partial charge in [-0.15, -0.1) is 0 Å². The van der Waals surface area contributed by atoms with Gasteiger partial charge in [-0.2, -0.15) is 0 Å². The van der Waals surface area contributed by atoms with Crippen LogP contribution in [0.4, 0.5) is 0 Å². The van der Waals surface area contributed by atoms with Crippen LogP contribution >= 0.6 is 0 Å². The van der Waals surface area contributed by atoms with Crippen LogP contribution in [0.1, 0.15) is 46.5 Å². The molecule has 1 heterocycles. The SMILES string of the molecule is CCCCCCOc1c(OC(C)C)c(=O)[nH]c2ccccc12. The Labute approximate surface area is 131 Å². The molecule has 0 saturated carbocycles. The van der Waals surface area contributed by atoms with Crippen LogP contribution < -0.4 is 15.0 Å². The largest absolute Gasteiger partial charge is 0.489 e. The Morgan fingerprint density at radius 2 is 1.86 bits per heavy atom. The molecule has 0 saturated heterocycles. The number of benzene rings is 1. The van der Waals surface area contributed by atoms with E-state index >= 15 is 0 Å². The summed E-state index contributed by atoms with van der Waals surface area (Å²) < 4.78 is 11.6. The van der Waals surface area contributed by atoms with Crippen molar-refractivity contribution in [2.45, 2.75) is 52.6 Å². The standard InChI is InChI=1S/C18H25NO3/c1-4-5-6-9-12-21-16-14-10-7-8-11-15(14)19-18(20)17(16)22-13(2)3/h7-8,10-11,13H,4-6,9,12H2,1-3H3,(H,19,20). The normalized spacial score (nSPS) is 11.1. The summed E-state index contributed by atoms with van der Waals surface area (Å²) in [5.74, 6) is 0.841. The molecule has 0 spiro atoms. The number of aromatic amines is 1. The molecule has 1 aromatic carbocycles. The monoisotopic (exact) mass is 303 g/mol. The summed E-state index contributed by atoms with van der Waals surface area (Å²) in [4.78, 5) is 15.1. The fraction of sp³-hybridized carbons (Fsp3) is 0.500. The molecule has 0 radical (unpaired) electrons. The zero-order valence-electron chi connectivity index (χ0n) is 13.6. The molecule has 0 aliphatic heterocycles. The summed E-state index contributed by atoms with van der Waals surface area (Å²) in [7, 11) is 0. The summed E-state index contributed by atoms with van der Waals surface area (Å²) in [5.41, 5.74) is 0.531. The van der Waals surface area contributed by atoms with Crippen molar-refractivity contribution >= 4 is 10.9 Å². The van der Waals surface area contributed by atoms with Crippen molar-refractivity contribution < 1.29 is 9.47 Å². The molecule has 0 atom stereocenters. The molecule has 0 fully saturated rings. The second-order valence-corrected chi connectivity index (χ2v) is 5.73. The van der Waals surface area contributed by atoms with E-state index in [1.807, 2.05) is 38.1 Å². The zero-order valence-corrected chi connectivity index (χ0v) is 13.6. The maximum atomic E-state index is 12.3. The molecule has 0 amide bonds. The minimum atomic E-state index is -0.240. The molecule has 0 unspecified atom stereocenters. The Morgan fingerprint density at radius 3 is 2.59 bits per heavy atom. The Morgan fingerprint density at radius 1 is 1.09 bits per heavy atom. The summed E-state index contributed by atoms with van der Waals surface area (Å²) in [6.45, 7) is 6.58. The molecular formula is C18H25NO3. The molecule has 2 aromatic rings. The first kappa shape index (κ1) is 16.4. The number of para-hydroxylation sites is 1. The average Bonchev–Trinajstić information content (AvgIpc) is 2.49. The van der Waals surface area contributed by atoms with Gasteiger partial charge in [0.15, 0.2) is 5.75 Å². The molecule has 1 aromatic heterocycles. The second-order valence-electron chi connectivity index (χ2n) is 5.73. The van der Waals surface area contributed by atoms with Gasteiger partial charge in [0, 0.05) is 5.39 Å². The molecule has 22 heavy (non-hydrogen) atoms. The van der Waals surface area contributed by atoms with Gasteiger partial charge in [-0.25, -0.2) is 0 Å². The topological polar surface area (TPSA) is 51.3 Å². The lowest BCUT2D eigenvalue weighted by Crippen LogP contribution is -2.18. The van der Waals surface area contributed by atoms with Crippen LogP contribution in [0.25, 0.3) is 10.9 Å². The summed E-state index contributed by atoms with van der Waals surface area (Å²) in [6, 6.07) is 7.65. The van der Waals surface area contributed by atoms with E-state index in [0.717, 1.165) is 23.7 Å². The van der Waals surface area contributed by atoms with Crippen molar-refractivity contribution in [2.24, 2.45) is 0 Å². The molecule has 120 valence electrons. The number of unbranched alkanes of at least 4 members (excludes halogenated alkanes) is 3. The van der Waals surface area contributed by atoms with Gasteiger partial charge in [-0.1, -0.05) is 38.3 Å². The van der Waals surface area contributed by atoms with E-state index in [0.29, 0.717) is 12.4 Å². The first-order valence-corrected chi connectivity index (χ1v) is 8.08. The van der Waals surface area contributed by atoms with Crippen LogP contribution in [0.3, 0.4) is 0 Å². The van der Waals surface area contributed by atoms with Crippen molar-refractivity contribution in [1.29, 1.82) is 0 Å². The van der Waals surface area contributed by atoms with E-state index in [1.165, 1.54) is 12.8 Å². The second kappa shape index (κ2) is 7.87. The molecule has 0 aliphatic carbocycles. The molecule has 0 aliphatic rings. The number of H-pyrrole nitrogens is 1. The highest BCUT2D eigenvalue weighted by Gasteiger charge is 2.16. The third-order valence-electron chi connectivity index (χ3n) is 3.43. The number of ether oxygens (including phenoxy) is 2. The van der Waals surface area contributed by atoms with Crippen molar-refractivity contribution in [3.8, 4) is 11.5 Å². The van der Waals surface area contributed by atoms with E-state index in [-0.39, 0.29) is 17.4 Å². The molecule has 4 nitrogen and oxygen atoms in total. The van der Waals surface area contributed by atoms with Gasteiger partial charge in [-0.05, 0) is 32.4 Å². The maximum absolute atomic E-state index is 12.3. The molecule has 0 bridgehead atoms. The van der Waals surface area contributed by atoms with Crippen molar-refractivity contribution in [2.75, 3.05) is 6.61 Å². The summed E-state index contributed by atoms with van der Waals surface area (Å²) in [6.07, 6.45) is 4.43. The quantitative estimate of drug-likeness (QED) is 0.741. The Hall–Kier alpha value is -1.97. The molecular weight excluding hydrogens is 278 g/mol. The van der Waals surface area contributed by atoms with E-state index in [9.17, 15) is 4.79 Å². The van der Waals surface area contributed by atoms with Gasteiger partial charge in [-0.3, -0.25) is 4.79 Å². The molecule has 1 N–H and O–H groups in total. The van der Waals surface area contributed by atoms with E-state index in [4.69, 9.17) is 9.47 Å². The third kappa shape index (κ3) is 4.03. The summed E-state index contributed by atoms with van der Waals surface area (Å²) >= 11 is 0. The number of nitrogens with one attached hydrogen (secondary N) is 1. The maximum Gasteiger partial charge on any atom is 0.294 e. The van der Waals surface area contributed by atoms with Crippen LogP contribution in [0.5, 0.6) is 11.5 Å². The van der Waals surface area contributed by atoms with Gasteiger partial charge in [0.2, 0.25) is 5.75 Å². The van der Waals surface area contributed by atoms with Crippen LogP contribution in [0, 0.1) is 0 Å². The lowest BCUT2D eigenvalue weighted by Gasteiger charge is -2.16.